The molecule has 1 spiro atoms. The third kappa shape index (κ3) is 2.50. The van der Waals surface area contributed by atoms with Crippen LogP contribution >= 0.6 is 0 Å². The molecule has 1 aromatic carbocycles. The predicted molar refractivity (Wildman–Crippen MR) is 86.1 cm³/mol. The van der Waals surface area contributed by atoms with Crippen molar-refractivity contribution in [1.29, 1.82) is 0 Å². The summed E-state index contributed by atoms with van der Waals surface area (Å²) in [5, 5.41) is 2.77. The molecule has 0 unspecified atom stereocenters. The first-order chi connectivity index (χ1) is 11.6. The van der Waals surface area contributed by atoms with Crippen molar-refractivity contribution in [3.8, 4) is 11.5 Å². The zero-order valence-corrected chi connectivity index (χ0v) is 13.5. The Morgan fingerprint density at radius 3 is 2.75 bits per heavy atom. The van der Waals surface area contributed by atoms with Gasteiger partial charge in [-0.1, -0.05) is 6.07 Å². The molecule has 1 N–H and O–H groups in total. The lowest BCUT2D eigenvalue weighted by molar-refractivity contribution is -0.135. The molecule has 0 aliphatic carbocycles. The second-order valence-electron chi connectivity index (χ2n) is 6.43. The monoisotopic (exact) mass is 329 g/mol. The Morgan fingerprint density at radius 1 is 1.29 bits per heavy atom. The van der Waals surface area contributed by atoms with Gasteiger partial charge >= 0.3 is 0 Å². The molecule has 3 heterocycles. The second-order valence-corrected chi connectivity index (χ2v) is 6.43. The number of nitrogens with one attached hydrogen (secondary N) is 1. The molecule has 3 aliphatic rings. The Kier molecular flexibility index (Phi) is 3.44. The lowest BCUT2D eigenvalue weighted by Gasteiger charge is -2.35. The van der Waals surface area contributed by atoms with Crippen molar-refractivity contribution >= 4 is 17.6 Å². The average Bonchev–Trinajstić information content (AvgIpc) is 3.12. The predicted octanol–water partition coefficient (Wildman–Crippen LogP) is 0.867. The number of aliphatic imine (C=N–C) groups is 1. The zero-order valence-electron chi connectivity index (χ0n) is 13.5. The number of benzene rings is 1. The molecule has 4 rings (SSSR count). The highest BCUT2D eigenvalue weighted by Crippen LogP contribution is 2.33. The Bertz CT molecular complexity index is 735. The van der Waals surface area contributed by atoms with Gasteiger partial charge in [-0.3, -0.25) is 14.6 Å². The minimum absolute atomic E-state index is 0.0390. The van der Waals surface area contributed by atoms with Crippen molar-refractivity contribution in [2.24, 2.45) is 4.99 Å². The molecule has 1 fully saturated rings. The highest BCUT2D eigenvalue weighted by atomic mass is 16.7. The first-order valence-corrected chi connectivity index (χ1v) is 8.10. The highest BCUT2D eigenvalue weighted by Gasteiger charge is 2.45. The molecule has 0 atom stereocenters. The lowest BCUT2D eigenvalue weighted by atomic mass is 9.88. The van der Waals surface area contributed by atoms with Gasteiger partial charge < -0.3 is 19.7 Å². The number of hydrogen-bond acceptors (Lipinski definition) is 5. The van der Waals surface area contributed by atoms with Crippen LogP contribution in [0.25, 0.3) is 0 Å². The number of amidine groups is 1. The Balaban J connectivity index is 1.39. The van der Waals surface area contributed by atoms with E-state index in [-0.39, 0.29) is 18.6 Å². The van der Waals surface area contributed by atoms with E-state index in [1.807, 2.05) is 23.1 Å². The molecule has 0 aromatic heterocycles. The Hall–Kier alpha value is -2.57. The summed E-state index contributed by atoms with van der Waals surface area (Å²) >= 11 is 0. The Morgan fingerprint density at radius 2 is 2.04 bits per heavy atom. The van der Waals surface area contributed by atoms with Crippen LogP contribution in [-0.2, 0) is 16.0 Å². The molecular formula is C17H19N3O4. The molecule has 2 amide bonds. The van der Waals surface area contributed by atoms with E-state index in [1.54, 1.807) is 6.92 Å². The number of piperidine rings is 1. The standard InChI is InChI=1S/C17H19N3O4/c1-11-18-16(22)17(19-11)4-6-20(7-5-17)15(21)9-12-2-3-13-14(8-12)24-10-23-13/h2-3,8H,4-7,9-10H2,1H3,(H,18,19,22). The second kappa shape index (κ2) is 5.51. The van der Waals surface area contributed by atoms with Crippen LogP contribution in [-0.4, -0.2) is 48.0 Å². The van der Waals surface area contributed by atoms with E-state index in [9.17, 15) is 9.59 Å². The molecule has 0 radical (unpaired) electrons. The summed E-state index contributed by atoms with van der Waals surface area (Å²) in [6.45, 7) is 3.12. The highest BCUT2D eigenvalue weighted by molar-refractivity contribution is 6.07. The third-order valence-electron chi connectivity index (χ3n) is 4.83. The topological polar surface area (TPSA) is 80.2 Å². The van der Waals surface area contributed by atoms with Crippen molar-refractivity contribution in [3.63, 3.8) is 0 Å². The molecule has 3 aliphatic heterocycles. The van der Waals surface area contributed by atoms with Gasteiger partial charge in [0.1, 0.15) is 11.4 Å². The number of hydrogen-bond donors (Lipinski definition) is 1. The van der Waals surface area contributed by atoms with E-state index in [0.29, 0.717) is 49.7 Å². The van der Waals surface area contributed by atoms with E-state index in [2.05, 4.69) is 10.3 Å². The van der Waals surface area contributed by atoms with Crippen molar-refractivity contribution < 1.29 is 19.1 Å². The van der Waals surface area contributed by atoms with Crippen LogP contribution in [0.5, 0.6) is 11.5 Å². The minimum atomic E-state index is -0.667. The SMILES string of the molecule is CC1=NC2(CCN(C(=O)Cc3ccc4c(c3)OCO4)CC2)C(=O)N1. The van der Waals surface area contributed by atoms with Gasteiger partial charge in [0.15, 0.2) is 11.5 Å². The number of rotatable bonds is 2. The first-order valence-electron chi connectivity index (χ1n) is 8.10. The summed E-state index contributed by atoms with van der Waals surface area (Å²) in [5.41, 5.74) is 0.233. The van der Waals surface area contributed by atoms with Crippen LogP contribution in [0.4, 0.5) is 0 Å². The fourth-order valence-corrected chi connectivity index (χ4v) is 3.48. The molecule has 7 heteroatoms. The Labute approximate surface area is 139 Å². The third-order valence-corrected chi connectivity index (χ3v) is 4.83. The first kappa shape index (κ1) is 15.0. The number of ether oxygens (including phenoxy) is 2. The van der Waals surface area contributed by atoms with Crippen molar-refractivity contribution in [2.45, 2.75) is 31.7 Å². The van der Waals surface area contributed by atoms with Crippen molar-refractivity contribution in [1.82, 2.24) is 10.2 Å². The van der Waals surface area contributed by atoms with Crippen LogP contribution < -0.4 is 14.8 Å². The number of likely N-dealkylation sites (tertiary alicyclic amines) is 1. The number of fused-ring (bicyclic) bond motifs is 1. The van der Waals surface area contributed by atoms with Gasteiger partial charge in [0.25, 0.3) is 5.91 Å². The van der Waals surface area contributed by atoms with Crippen LogP contribution in [0.1, 0.15) is 25.3 Å². The van der Waals surface area contributed by atoms with E-state index in [4.69, 9.17) is 9.47 Å². The smallest absolute Gasteiger partial charge is 0.253 e. The van der Waals surface area contributed by atoms with Gasteiger partial charge in [0.05, 0.1) is 6.42 Å². The number of carbonyl (C=O) groups is 2. The van der Waals surface area contributed by atoms with Gasteiger partial charge in [0, 0.05) is 13.1 Å². The molecule has 1 saturated heterocycles. The quantitative estimate of drug-likeness (QED) is 0.873. The minimum Gasteiger partial charge on any atom is -0.454 e. The maximum Gasteiger partial charge on any atom is 0.253 e. The lowest BCUT2D eigenvalue weighted by Crippen LogP contribution is -2.50. The maximum atomic E-state index is 12.5. The maximum absolute atomic E-state index is 12.5. The summed E-state index contributed by atoms with van der Waals surface area (Å²) in [6, 6.07) is 5.56. The van der Waals surface area contributed by atoms with Crippen LogP contribution in [0.15, 0.2) is 23.2 Å². The van der Waals surface area contributed by atoms with E-state index < -0.39 is 5.54 Å². The summed E-state index contributed by atoms with van der Waals surface area (Å²) < 4.78 is 10.6. The van der Waals surface area contributed by atoms with Gasteiger partial charge in [0.2, 0.25) is 12.7 Å². The largest absolute Gasteiger partial charge is 0.454 e. The molecule has 7 nitrogen and oxygen atoms in total. The van der Waals surface area contributed by atoms with Crippen LogP contribution in [0.2, 0.25) is 0 Å². The number of carbonyl (C=O) groups excluding carboxylic acids is 2. The van der Waals surface area contributed by atoms with Gasteiger partial charge in [-0.2, -0.15) is 0 Å². The average molecular weight is 329 g/mol. The van der Waals surface area contributed by atoms with Crippen molar-refractivity contribution in [2.75, 3.05) is 19.9 Å². The summed E-state index contributed by atoms with van der Waals surface area (Å²) in [5.74, 6) is 2.09. The molecule has 1 aromatic rings. The van der Waals surface area contributed by atoms with E-state index in [0.717, 1.165) is 5.56 Å². The number of amides is 2. The van der Waals surface area contributed by atoms with Gasteiger partial charge in [-0.05, 0) is 37.5 Å². The van der Waals surface area contributed by atoms with Gasteiger partial charge in [-0.15, -0.1) is 0 Å². The van der Waals surface area contributed by atoms with Crippen LogP contribution in [0.3, 0.4) is 0 Å². The van der Waals surface area contributed by atoms with Gasteiger partial charge in [-0.25, -0.2) is 0 Å². The summed E-state index contributed by atoms with van der Waals surface area (Å²) in [4.78, 5) is 30.9. The molecule has 0 saturated carbocycles. The summed E-state index contributed by atoms with van der Waals surface area (Å²) in [6.07, 6.45) is 1.46. The fourth-order valence-electron chi connectivity index (χ4n) is 3.48. The van der Waals surface area contributed by atoms with E-state index >= 15 is 0 Å². The zero-order chi connectivity index (χ0) is 16.7. The molecular weight excluding hydrogens is 310 g/mol. The fraction of sp³-hybridized carbons (Fsp3) is 0.471. The summed E-state index contributed by atoms with van der Waals surface area (Å²) in [7, 11) is 0. The van der Waals surface area contributed by atoms with Crippen LogP contribution in [0, 0.1) is 0 Å². The molecule has 24 heavy (non-hydrogen) atoms. The molecule has 0 bridgehead atoms. The van der Waals surface area contributed by atoms with E-state index in [1.165, 1.54) is 0 Å². The normalized spacial score (nSPS) is 21.0. The molecule has 126 valence electrons. The van der Waals surface area contributed by atoms with Crippen molar-refractivity contribution in [3.05, 3.63) is 23.8 Å². The number of nitrogens with zero attached hydrogens (tertiary/aromatic N) is 2.